The van der Waals surface area contributed by atoms with Gasteiger partial charge in [0.2, 0.25) is 0 Å². The molecule has 1 aliphatic heterocycles. The van der Waals surface area contributed by atoms with Crippen molar-refractivity contribution >= 4 is 23.7 Å². The van der Waals surface area contributed by atoms with E-state index in [1.54, 1.807) is 18.6 Å². The maximum absolute atomic E-state index is 12.9. The molecule has 7 nitrogen and oxygen atoms in total. The molecule has 152 valence electrons. The molecule has 2 aliphatic rings. The smallest absolute Gasteiger partial charge is 0.306 e. The summed E-state index contributed by atoms with van der Waals surface area (Å²) in [4.78, 5) is 24.6. The van der Waals surface area contributed by atoms with Gasteiger partial charge in [-0.1, -0.05) is 6.92 Å². The summed E-state index contributed by atoms with van der Waals surface area (Å²) in [6.45, 7) is 1.57. The number of ether oxygens (including phenoxy) is 1. The van der Waals surface area contributed by atoms with E-state index >= 15 is 0 Å². The molecule has 2 aromatic heterocycles. The van der Waals surface area contributed by atoms with Crippen LogP contribution in [0.4, 0.5) is 0 Å². The first-order valence-corrected chi connectivity index (χ1v) is 10.0. The third-order valence-electron chi connectivity index (χ3n) is 5.26. The molecule has 1 fully saturated rings. The lowest BCUT2D eigenvalue weighted by Crippen LogP contribution is -2.34. The van der Waals surface area contributed by atoms with Crippen LogP contribution in [-0.4, -0.2) is 29.2 Å². The number of carbonyl (C=O) groups is 2. The molecular weight excluding hydrogens is 372 g/mol. The Bertz CT molecular complexity index is 911. The second-order valence-corrected chi connectivity index (χ2v) is 7.28. The van der Waals surface area contributed by atoms with Gasteiger partial charge in [-0.25, -0.2) is 5.01 Å². The summed E-state index contributed by atoms with van der Waals surface area (Å²) >= 11 is 0. The summed E-state index contributed by atoms with van der Waals surface area (Å²) in [6, 6.07) is 7.07. The van der Waals surface area contributed by atoms with Crippen LogP contribution in [0.1, 0.15) is 56.6 Å². The quantitative estimate of drug-likeness (QED) is 0.678. The van der Waals surface area contributed by atoms with Crippen LogP contribution in [0.5, 0.6) is 0 Å². The number of nitrogens with zero attached hydrogens (tertiary/aromatic N) is 2. The highest BCUT2D eigenvalue weighted by molar-refractivity contribution is 6.08. The minimum Gasteiger partial charge on any atom is -0.467 e. The minimum absolute atomic E-state index is 0.0337. The number of carbonyl (C=O) groups excluding carboxylic acids is 2. The molecule has 2 aromatic rings. The van der Waals surface area contributed by atoms with Gasteiger partial charge >= 0.3 is 5.97 Å². The van der Waals surface area contributed by atoms with Crippen molar-refractivity contribution in [3.63, 3.8) is 0 Å². The predicted molar refractivity (Wildman–Crippen MR) is 106 cm³/mol. The number of furan rings is 2. The van der Waals surface area contributed by atoms with E-state index in [1.165, 1.54) is 5.01 Å². The standard InChI is InChI=1S/C22H24N2O5/c1-2-6-20(26)29-14-19(25)24-22(18-10-5-12-28-18)17-9-3-7-15(21(17)23-24)13-16-8-4-11-27-16/h4-5,8,10-13,17,22H,2-3,6-7,9,14H2,1H3/b15-13+/t17-,22-/m1/s1. The summed E-state index contributed by atoms with van der Waals surface area (Å²) in [6.07, 6.45) is 8.95. The van der Waals surface area contributed by atoms with E-state index < -0.39 is 0 Å². The fourth-order valence-corrected chi connectivity index (χ4v) is 3.97. The fraction of sp³-hybridized carbons (Fsp3) is 0.409. The number of rotatable bonds is 6. The van der Waals surface area contributed by atoms with Crippen LogP contribution < -0.4 is 0 Å². The average Bonchev–Trinajstić information content (AvgIpc) is 3.46. The first-order chi connectivity index (χ1) is 14.2. The largest absolute Gasteiger partial charge is 0.467 e. The van der Waals surface area contributed by atoms with E-state index in [2.05, 4.69) is 5.10 Å². The van der Waals surface area contributed by atoms with Gasteiger partial charge in [0.1, 0.15) is 17.6 Å². The highest BCUT2D eigenvalue weighted by Crippen LogP contribution is 2.44. The lowest BCUT2D eigenvalue weighted by Gasteiger charge is -2.27. The van der Waals surface area contributed by atoms with Crippen molar-refractivity contribution in [1.82, 2.24) is 5.01 Å². The highest BCUT2D eigenvalue weighted by Gasteiger charge is 2.45. The molecule has 0 bridgehead atoms. The van der Waals surface area contributed by atoms with Crippen LogP contribution in [0, 0.1) is 5.92 Å². The van der Waals surface area contributed by atoms with Crippen LogP contribution in [0.15, 0.2) is 56.3 Å². The Morgan fingerprint density at radius 2 is 2.10 bits per heavy atom. The average molecular weight is 396 g/mol. The first-order valence-electron chi connectivity index (χ1n) is 10.0. The second kappa shape index (κ2) is 8.51. The normalized spacial score (nSPS) is 22.4. The molecule has 0 unspecified atom stereocenters. The van der Waals surface area contributed by atoms with E-state index in [1.807, 2.05) is 31.2 Å². The van der Waals surface area contributed by atoms with E-state index in [-0.39, 0.29) is 30.4 Å². The van der Waals surface area contributed by atoms with Crippen LogP contribution >= 0.6 is 0 Å². The van der Waals surface area contributed by atoms with Gasteiger partial charge in [0, 0.05) is 12.3 Å². The number of allylic oxidation sites excluding steroid dienone is 1. The van der Waals surface area contributed by atoms with Crippen molar-refractivity contribution in [3.05, 3.63) is 53.9 Å². The molecule has 1 amide bonds. The number of fused-ring (bicyclic) bond motifs is 1. The Morgan fingerprint density at radius 1 is 1.28 bits per heavy atom. The summed E-state index contributed by atoms with van der Waals surface area (Å²) in [7, 11) is 0. The lowest BCUT2D eigenvalue weighted by molar-refractivity contribution is -0.153. The number of esters is 1. The molecule has 0 radical (unpaired) electrons. The van der Waals surface area contributed by atoms with Crippen molar-refractivity contribution in [3.8, 4) is 0 Å². The first kappa shape index (κ1) is 19.2. The van der Waals surface area contributed by atoms with Crippen LogP contribution in [0.3, 0.4) is 0 Å². The van der Waals surface area contributed by atoms with Crippen molar-refractivity contribution < 1.29 is 23.2 Å². The maximum atomic E-state index is 12.9. The Hall–Kier alpha value is -3.09. The molecule has 0 N–H and O–H groups in total. The Balaban J connectivity index is 1.61. The Morgan fingerprint density at radius 3 is 2.83 bits per heavy atom. The van der Waals surface area contributed by atoms with Gasteiger partial charge < -0.3 is 13.6 Å². The van der Waals surface area contributed by atoms with E-state index in [0.29, 0.717) is 18.6 Å². The Kier molecular flexibility index (Phi) is 5.64. The molecule has 1 aliphatic carbocycles. The van der Waals surface area contributed by atoms with Crippen LogP contribution in [-0.2, 0) is 14.3 Å². The SMILES string of the molecule is CCCC(=O)OCC(=O)N1N=C2/C(=C/c3ccco3)CCC[C@H]2[C@@H]1c1ccco1. The van der Waals surface area contributed by atoms with Gasteiger partial charge in [-0.3, -0.25) is 9.59 Å². The molecule has 1 saturated carbocycles. The molecule has 0 spiro atoms. The molecule has 7 heteroatoms. The third-order valence-corrected chi connectivity index (χ3v) is 5.26. The summed E-state index contributed by atoms with van der Waals surface area (Å²) in [5.74, 6) is 0.747. The number of amides is 1. The molecule has 29 heavy (non-hydrogen) atoms. The monoisotopic (exact) mass is 396 g/mol. The number of hydrazone groups is 1. The Labute approximate surface area is 169 Å². The molecule has 3 heterocycles. The third kappa shape index (κ3) is 4.04. The topological polar surface area (TPSA) is 85.3 Å². The van der Waals surface area contributed by atoms with Gasteiger partial charge in [-0.15, -0.1) is 0 Å². The van der Waals surface area contributed by atoms with E-state index in [4.69, 9.17) is 13.6 Å². The number of hydrogen-bond donors (Lipinski definition) is 0. The van der Waals surface area contributed by atoms with Crippen molar-refractivity contribution in [1.29, 1.82) is 0 Å². The minimum atomic E-state index is -0.377. The van der Waals surface area contributed by atoms with Crippen molar-refractivity contribution in [2.24, 2.45) is 11.0 Å². The van der Waals surface area contributed by atoms with Gasteiger partial charge in [-0.05, 0) is 61.6 Å². The number of hydrogen-bond acceptors (Lipinski definition) is 6. The van der Waals surface area contributed by atoms with Crippen molar-refractivity contribution in [2.75, 3.05) is 6.61 Å². The highest BCUT2D eigenvalue weighted by atomic mass is 16.5. The molecule has 0 saturated heterocycles. The fourth-order valence-electron chi connectivity index (χ4n) is 3.97. The summed E-state index contributed by atoms with van der Waals surface area (Å²) in [5, 5.41) is 6.10. The van der Waals surface area contributed by atoms with Gasteiger partial charge in [0.25, 0.3) is 5.91 Å². The molecule has 2 atom stereocenters. The maximum Gasteiger partial charge on any atom is 0.306 e. The second-order valence-electron chi connectivity index (χ2n) is 7.28. The summed E-state index contributed by atoms with van der Waals surface area (Å²) in [5.41, 5.74) is 1.94. The predicted octanol–water partition coefficient (Wildman–Crippen LogP) is 4.34. The van der Waals surface area contributed by atoms with E-state index in [9.17, 15) is 9.59 Å². The summed E-state index contributed by atoms with van der Waals surface area (Å²) < 4.78 is 16.2. The van der Waals surface area contributed by atoms with Crippen LogP contribution in [0.2, 0.25) is 0 Å². The molecule has 4 rings (SSSR count). The van der Waals surface area contributed by atoms with Gasteiger partial charge in [0.05, 0.1) is 18.2 Å². The van der Waals surface area contributed by atoms with Gasteiger partial charge in [-0.2, -0.15) is 5.10 Å². The molecule has 0 aromatic carbocycles. The zero-order valence-electron chi connectivity index (χ0n) is 16.4. The van der Waals surface area contributed by atoms with Crippen LogP contribution in [0.25, 0.3) is 6.08 Å². The molecular formula is C22H24N2O5. The van der Waals surface area contributed by atoms with E-state index in [0.717, 1.165) is 36.3 Å². The zero-order valence-corrected chi connectivity index (χ0v) is 16.4. The lowest BCUT2D eigenvalue weighted by atomic mass is 9.79. The van der Waals surface area contributed by atoms with Crippen molar-refractivity contribution in [2.45, 2.75) is 45.1 Å². The zero-order chi connectivity index (χ0) is 20.2. The van der Waals surface area contributed by atoms with Gasteiger partial charge in [0.15, 0.2) is 6.61 Å².